The lowest BCUT2D eigenvalue weighted by atomic mass is 9.95. The molecular formula is C25H30N4O3S2. The van der Waals surface area contributed by atoms with Crippen molar-refractivity contribution in [1.29, 1.82) is 0 Å². The summed E-state index contributed by atoms with van der Waals surface area (Å²) < 4.78 is 28.7. The van der Waals surface area contributed by atoms with Gasteiger partial charge in [0.1, 0.15) is 0 Å². The lowest BCUT2D eigenvalue weighted by Gasteiger charge is -2.30. The van der Waals surface area contributed by atoms with Crippen LogP contribution in [0.3, 0.4) is 0 Å². The zero-order valence-electron chi connectivity index (χ0n) is 19.7. The predicted molar refractivity (Wildman–Crippen MR) is 137 cm³/mol. The topological polar surface area (TPSA) is 91.4 Å². The number of piperidine rings is 1. The quantitative estimate of drug-likeness (QED) is 0.492. The molecule has 1 amide bonds. The van der Waals surface area contributed by atoms with Gasteiger partial charge in [-0.2, -0.15) is 0 Å². The Hall–Kier alpha value is -2.75. The number of thiazole rings is 1. The van der Waals surface area contributed by atoms with Gasteiger partial charge >= 0.3 is 0 Å². The zero-order valence-corrected chi connectivity index (χ0v) is 21.3. The van der Waals surface area contributed by atoms with Gasteiger partial charge < -0.3 is 5.32 Å². The molecule has 1 aliphatic rings. The van der Waals surface area contributed by atoms with E-state index in [1.165, 1.54) is 6.07 Å². The second kappa shape index (κ2) is 10.2. The van der Waals surface area contributed by atoms with Crippen LogP contribution in [0.15, 0.2) is 52.7 Å². The number of sulfonamides is 1. The van der Waals surface area contributed by atoms with Gasteiger partial charge in [-0.3, -0.25) is 14.4 Å². The Morgan fingerprint density at radius 3 is 2.53 bits per heavy atom. The molecule has 1 saturated heterocycles. The van der Waals surface area contributed by atoms with Crippen LogP contribution in [0.2, 0.25) is 0 Å². The number of likely N-dealkylation sites (tertiary alicyclic amines) is 1. The maximum Gasteiger partial charge on any atom is 0.262 e. The van der Waals surface area contributed by atoms with Crippen LogP contribution in [0.1, 0.15) is 34.7 Å². The number of anilines is 2. The molecule has 0 radical (unpaired) electrons. The molecule has 2 heterocycles. The number of hydrogen-bond donors (Lipinski definition) is 2. The van der Waals surface area contributed by atoms with Crippen molar-refractivity contribution in [3.8, 4) is 0 Å². The van der Waals surface area contributed by atoms with Gasteiger partial charge in [0.25, 0.3) is 10.0 Å². The van der Waals surface area contributed by atoms with E-state index in [9.17, 15) is 13.2 Å². The summed E-state index contributed by atoms with van der Waals surface area (Å²) in [6, 6.07) is 12.2. The fourth-order valence-electron chi connectivity index (χ4n) is 4.19. The van der Waals surface area contributed by atoms with E-state index in [0.717, 1.165) is 48.7 Å². The van der Waals surface area contributed by atoms with Crippen LogP contribution >= 0.6 is 11.3 Å². The number of aryl methyl sites for hydroxylation is 3. The Bertz CT molecular complexity index is 1280. The van der Waals surface area contributed by atoms with Crippen molar-refractivity contribution in [3.05, 3.63) is 69.7 Å². The van der Waals surface area contributed by atoms with Crippen LogP contribution in [-0.4, -0.2) is 37.3 Å². The van der Waals surface area contributed by atoms with Gasteiger partial charge in [-0.15, -0.1) is 11.3 Å². The number of nitrogens with one attached hydrogen (secondary N) is 2. The number of carbonyl (C=O) groups is 1. The summed E-state index contributed by atoms with van der Waals surface area (Å²) in [7, 11) is -3.79. The molecule has 2 aromatic carbocycles. The van der Waals surface area contributed by atoms with Gasteiger partial charge in [0.05, 0.1) is 15.6 Å². The van der Waals surface area contributed by atoms with E-state index in [2.05, 4.69) is 25.3 Å². The molecule has 0 aliphatic carbocycles. The number of nitrogens with zero attached hydrogens (tertiary/aromatic N) is 2. The van der Waals surface area contributed by atoms with E-state index >= 15 is 0 Å². The number of benzene rings is 2. The molecule has 1 aliphatic heterocycles. The van der Waals surface area contributed by atoms with Gasteiger partial charge in [0.2, 0.25) is 5.91 Å². The normalized spacial score (nSPS) is 15.3. The number of carbonyl (C=O) groups excluding carboxylic acids is 1. The first-order valence-corrected chi connectivity index (χ1v) is 13.7. The van der Waals surface area contributed by atoms with Crippen LogP contribution in [0.25, 0.3) is 0 Å². The summed E-state index contributed by atoms with van der Waals surface area (Å²) in [5.41, 5.74) is 3.65. The molecule has 0 unspecified atom stereocenters. The molecule has 0 bridgehead atoms. The molecule has 3 aromatic rings. The molecule has 9 heteroatoms. The van der Waals surface area contributed by atoms with Gasteiger partial charge in [0.15, 0.2) is 0 Å². The summed E-state index contributed by atoms with van der Waals surface area (Å²) in [5.74, 6) is -0.164. The molecule has 4 rings (SSSR count). The predicted octanol–water partition coefficient (Wildman–Crippen LogP) is 4.72. The van der Waals surface area contributed by atoms with E-state index in [1.807, 2.05) is 19.9 Å². The van der Waals surface area contributed by atoms with E-state index < -0.39 is 10.0 Å². The van der Waals surface area contributed by atoms with Crippen molar-refractivity contribution in [1.82, 2.24) is 9.88 Å². The van der Waals surface area contributed by atoms with E-state index in [1.54, 1.807) is 48.6 Å². The second-order valence-corrected chi connectivity index (χ2v) is 11.6. The van der Waals surface area contributed by atoms with Crippen molar-refractivity contribution in [3.63, 3.8) is 0 Å². The third-order valence-electron chi connectivity index (χ3n) is 6.03. The highest BCUT2D eigenvalue weighted by Crippen LogP contribution is 2.25. The molecular weight excluding hydrogens is 468 g/mol. The molecule has 2 N–H and O–H groups in total. The Kier molecular flexibility index (Phi) is 7.35. The summed E-state index contributed by atoms with van der Waals surface area (Å²) in [5, 5.41) is 6.09. The lowest BCUT2D eigenvalue weighted by Crippen LogP contribution is -2.37. The Labute approximate surface area is 205 Å². The van der Waals surface area contributed by atoms with Crippen molar-refractivity contribution < 1.29 is 13.2 Å². The Morgan fingerprint density at radius 2 is 1.85 bits per heavy atom. The van der Waals surface area contributed by atoms with Gasteiger partial charge in [-0.05, 0) is 82.1 Å². The van der Waals surface area contributed by atoms with Crippen molar-refractivity contribution in [2.45, 2.75) is 45.1 Å². The lowest BCUT2D eigenvalue weighted by molar-refractivity contribution is -0.121. The van der Waals surface area contributed by atoms with Crippen molar-refractivity contribution in [2.24, 2.45) is 5.92 Å². The standard InChI is InChI=1S/C25H30N4O3S2/c1-17-5-4-6-22(13-17)28-34(31,32)24-14-21(8-7-18(24)2)27-25(30)20-9-11-29(12-10-20)15-23-16-33-19(3)26-23/h4-8,13-14,16,20,28H,9-12,15H2,1-3H3,(H,27,30). The maximum atomic E-state index is 13.0. The van der Waals surface area contributed by atoms with Crippen molar-refractivity contribution in [2.75, 3.05) is 23.1 Å². The van der Waals surface area contributed by atoms with Crippen LogP contribution in [-0.2, 0) is 21.4 Å². The summed E-state index contributed by atoms with van der Waals surface area (Å²) in [6.45, 7) is 8.14. The fourth-order valence-corrected chi connectivity index (χ4v) is 6.12. The smallest absolute Gasteiger partial charge is 0.262 e. The molecule has 0 spiro atoms. The fraction of sp³-hybridized carbons (Fsp3) is 0.360. The van der Waals surface area contributed by atoms with Gasteiger partial charge in [-0.25, -0.2) is 13.4 Å². The van der Waals surface area contributed by atoms with E-state index in [0.29, 0.717) is 16.9 Å². The summed E-state index contributed by atoms with van der Waals surface area (Å²) >= 11 is 1.66. The summed E-state index contributed by atoms with van der Waals surface area (Å²) in [4.78, 5) is 19.9. The minimum atomic E-state index is -3.79. The SMILES string of the molecule is Cc1cccc(NS(=O)(=O)c2cc(NC(=O)C3CCN(Cc4csc(C)n4)CC3)ccc2C)c1. The molecule has 180 valence electrons. The minimum Gasteiger partial charge on any atom is -0.326 e. The third-order valence-corrected chi connectivity index (χ3v) is 8.37. The largest absolute Gasteiger partial charge is 0.326 e. The first-order chi connectivity index (χ1) is 16.2. The molecule has 1 aromatic heterocycles. The minimum absolute atomic E-state index is 0.0667. The average molecular weight is 499 g/mol. The number of hydrogen-bond acceptors (Lipinski definition) is 6. The molecule has 0 atom stereocenters. The molecule has 1 fully saturated rings. The van der Waals surface area contributed by atoms with Gasteiger partial charge in [-0.1, -0.05) is 18.2 Å². The van der Waals surface area contributed by atoms with Crippen molar-refractivity contribution >= 4 is 38.6 Å². The first kappa shape index (κ1) is 24.4. The third kappa shape index (κ3) is 6.02. The van der Waals surface area contributed by atoms with Crippen LogP contribution in [0.5, 0.6) is 0 Å². The summed E-state index contributed by atoms with van der Waals surface area (Å²) in [6.07, 6.45) is 1.53. The van der Waals surface area contributed by atoms with Crippen LogP contribution in [0, 0.1) is 26.7 Å². The highest BCUT2D eigenvalue weighted by Gasteiger charge is 2.26. The highest BCUT2D eigenvalue weighted by molar-refractivity contribution is 7.92. The first-order valence-electron chi connectivity index (χ1n) is 11.3. The molecule has 0 saturated carbocycles. The van der Waals surface area contributed by atoms with Gasteiger partial charge in [0, 0.05) is 29.2 Å². The second-order valence-electron chi connectivity index (χ2n) is 8.85. The van der Waals surface area contributed by atoms with Crippen LogP contribution in [0.4, 0.5) is 11.4 Å². The highest BCUT2D eigenvalue weighted by atomic mass is 32.2. The molecule has 34 heavy (non-hydrogen) atoms. The Morgan fingerprint density at radius 1 is 1.09 bits per heavy atom. The average Bonchev–Trinajstić information content (AvgIpc) is 3.19. The zero-order chi connectivity index (χ0) is 24.3. The van der Waals surface area contributed by atoms with Crippen LogP contribution < -0.4 is 10.0 Å². The number of amides is 1. The number of rotatable bonds is 7. The van der Waals surface area contributed by atoms with E-state index in [4.69, 9.17) is 0 Å². The monoisotopic (exact) mass is 498 g/mol. The maximum absolute atomic E-state index is 13.0. The molecule has 7 nitrogen and oxygen atoms in total. The number of aromatic nitrogens is 1. The Balaban J connectivity index is 1.38. The van der Waals surface area contributed by atoms with E-state index in [-0.39, 0.29) is 16.7 Å².